The van der Waals surface area contributed by atoms with Crippen LogP contribution in [0.3, 0.4) is 0 Å². The van der Waals surface area contributed by atoms with Gasteiger partial charge in [-0.15, -0.1) is 0 Å². The lowest BCUT2D eigenvalue weighted by Crippen LogP contribution is -2.51. The van der Waals surface area contributed by atoms with Gasteiger partial charge in [-0.05, 0) is 31.4 Å². The number of ether oxygens (including phenoxy) is 1. The molecule has 2 aromatic rings. The molecule has 3 rings (SSSR count). The molecule has 2 aromatic carbocycles. The van der Waals surface area contributed by atoms with Crippen molar-refractivity contribution in [3.8, 4) is 0 Å². The van der Waals surface area contributed by atoms with Gasteiger partial charge in [0.1, 0.15) is 17.2 Å². The fourth-order valence-corrected chi connectivity index (χ4v) is 3.57. The summed E-state index contributed by atoms with van der Waals surface area (Å²) < 4.78 is 32.6. The molecule has 1 aliphatic heterocycles. The summed E-state index contributed by atoms with van der Waals surface area (Å²) in [7, 11) is 0. The van der Waals surface area contributed by atoms with Gasteiger partial charge in [0.25, 0.3) is 0 Å². The summed E-state index contributed by atoms with van der Waals surface area (Å²) in [6, 6.07) is 12.4. The summed E-state index contributed by atoms with van der Waals surface area (Å²) in [6.45, 7) is 2.13. The first-order chi connectivity index (χ1) is 12.8. The van der Waals surface area contributed by atoms with Crippen LogP contribution in [-0.4, -0.2) is 30.8 Å². The zero-order valence-electron chi connectivity index (χ0n) is 15.2. The molecule has 4 nitrogen and oxygen atoms in total. The molecule has 0 saturated carbocycles. The first kappa shape index (κ1) is 19.5. The predicted octanol–water partition coefficient (Wildman–Crippen LogP) is 3.04. The van der Waals surface area contributed by atoms with Crippen molar-refractivity contribution in [3.05, 3.63) is 71.3 Å². The Kier molecular flexibility index (Phi) is 5.58. The highest BCUT2D eigenvalue weighted by Crippen LogP contribution is 2.35. The monoisotopic (exact) mass is 375 g/mol. The Balaban J connectivity index is 1.80. The Bertz CT molecular complexity index is 802. The molecule has 0 aromatic heterocycles. The van der Waals surface area contributed by atoms with E-state index in [2.05, 4.69) is 5.32 Å². The fourth-order valence-electron chi connectivity index (χ4n) is 3.57. The Morgan fingerprint density at radius 2 is 1.85 bits per heavy atom. The van der Waals surface area contributed by atoms with Crippen molar-refractivity contribution >= 4 is 5.91 Å². The Hall–Kier alpha value is -2.31. The molecule has 1 amide bonds. The minimum Gasteiger partial charge on any atom is -0.383 e. The number of amides is 1. The van der Waals surface area contributed by atoms with Gasteiger partial charge in [-0.2, -0.15) is 0 Å². The summed E-state index contributed by atoms with van der Waals surface area (Å²) in [5, 5.41) is 13.4. The molecule has 0 bridgehead atoms. The van der Waals surface area contributed by atoms with Crippen molar-refractivity contribution in [2.24, 2.45) is 0 Å². The Labute approximate surface area is 157 Å². The van der Waals surface area contributed by atoms with Crippen molar-refractivity contribution in [1.29, 1.82) is 0 Å². The highest BCUT2D eigenvalue weighted by Gasteiger charge is 2.42. The van der Waals surface area contributed by atoms with Crippen LogP contribution in [0.25, 0.3) is 0 Å². The van der Waals surface area contributed by atoms with Gasteiger partial charge in [-0.1, -0.05) is 36.4 Å². The summed E-state index contributed by atoms with van der Waals surface area (Å²) in [4.78, 5) is 13.1. The SMILES string of the molecule is C[C@](O)(CNC(=O)C1(c2ccccc2)CCOCC1)c1ccc(F)cc1F. The number of hydrogen-bond donors (Lipinski definition) is 2. The topological polar surface area (TPSA) is 58.6 Å². The number of rotatable bonds is 5. The fraction of sp³-hybridized carbons (Fsp3) is 0.381. The van der Waals surface area contributed by atoms with E-state index in [1.54, 1.807) is 0 Å². The number of benzene rings is 2. The maximum Gasteiger partial charge on any atom is 0.230 e. The van der Waals surface area contributed by atoms with Gasteiger partial charge in [0.2, 0.25) is 5.91 Å². The molecule has 0 aliphatic carbocycles. The van der Waals surface area contributed by atoms with E-state index in [1.807, 2.05) is 30.3 Å². The van der Waals surface area contributed by atoms with Crippen LogP contribution in [0.1, 0.15) is 30.9 Å². The number of aliphatic hydroxyl groups is 1. The van der Waals surface area contributed by atoms with E-state index in [4.69, 9.17) is 4.74 Å². The smallest absolute Gasteiger partial charge is 0.230 e. The van der Waals surface area contributed by atoms with E-state index in [9.17, 15) is 18.7 Å². The molecule has 1 fully saturated rings. The van der Waals surface area contributed by atoms with Crippen LogP contribution in [0.5, 0.6) is 0 Å². The highest BCUT2D eigenvalue weighted by atomic mass is 19.1. The summed E-state index contributed by atoms with van der Waals surface area (Å²) in [5.74, 6) is -1.81. The van der Waals surface area contributed by atoms with E-state index in [0.717, 1.165) is 17.7 Å². The highest BCUT2D eigenvalue weighted by molar-refractivity contribution is 5.88. The van der Waals surface area contributed by atoms with Crippen LogP contribution < -0.4 is 5.32 Å². The van der Waals surface area contributed by atoms with Crippen molar-refractivity contribution in [3.63, 3.8) is 0 Å². The second kappa shape index (κ2) is 7.74. The number of carbonyl (C=O) groups is 1. The van der Waals surface area contributed by atoms with Crippen LogP contribution in [-0.2, 0) is 20.5 Å². The van der Waals surface area contributed by atoms with Crippen molar-refractivity contribution in [2.75, 3.05) is 19.8 Å². The van der Waals surface area contributed by atoms with Crippen molar-refractivity contribution in [2.45, 2.75) is 30.8 Å². The van der Waals surface area contributed by atoms with Crippen LogP contribution in [0.2, 0.25) is 0 Å². The number of carbonyl (C=O) groups excluding carboxylic acids is 1. The maximum atomic E-state index is 14.0. The summed E-state index contributed by atoms with van der Waals surface area (Å²) in [6.07, 6.45) is 1.05. The number of hydrogen-bond acceptors (Lipinski definition) is 3. The van der Waals surface area contributed by atoms with Crippen LogP contribution in [0, 0.1) is 11.6 Å². The third-order valence-electron chi connectivity index (χ3n) is 5.21. The van der Waals surface area contributed by atoms with E-state index >= 15 is 0 Å². The van der Waals surface area contributed by atoms with Gasteiger partial charge >= 0.3 is 0 Å². The molecule has 0 spiro atoms. The number of halogens is 2. The van der Waals surface area contributed by atoms with E-state index in [0.29, 0.717) is 26.1 Å². The van der Waals surface area contributed by atoms with Gasteiger partial charge in [0.15, 0.2) is 0 Å². The number of nitrogens with one attached hydrogen (secondary N) is 1. The molecule has 1 atom stereocenters. The predicted molar refractivity (Wildman–Crippen MR) is 97.1 cm³/mol. The first-order valence-electron chi connectivity index (χ1n) is 8.95. The lowest BCUT2D eigenvalue weighted by atomic mass is 9.73. The van der Waals surface area contributed by atoms with Gasteiger partial charge < -0.3 is 15.2 Å². The quantitative estimate of drug-likeness (QED) is 0.845. The van der Waals surface area contributed by atoms with E-state index in [1.165, 1.54) is 13.0 Å². The second-order valence-electron chi connectivity index (χ2n) is 7.14. The average molecular weight is 375 g/mol. The standard InChI is InChI=1S/C21H23F2NO3/c1-20(26,17-8-7-16(22)13-18(17)23)14-24-19(25)21(9-11-27-12-10-21)15-5-3-2-4-6-15/h2-8,13,26H,9-12,14H2,1H3,(H,24,25)/t20-/m0/s1. The third kappa shape index (κ3) is 4.01. The average Bonchev–Trinajstić information content (AvgIpc) is 2.67. The molecule has 1 heterocycles. The minimum atomic E-state index is -1.67. The molecule has 0 unspecified atom stereocenters. The van der Waals surface area contributed by atoms with Crippen molar-refractivity contribution in [1.82, 2.24) is 5.32 Å². The van der Waals surface area contributed by atoms with Crippen LogP contribution >= 0.6 is 0 Å². The molecule has 1 saturated heterocycles. The normalized spacial score (nSPS) is 18.5. The third-order valence-corrected chi connectivity index (χ3v) is 5.21. The molecular weight excluding hydrogens is 352 g/mol. The van der Waals surface area contributed by atoms with Crippen LogP contribution in [0.15, 0.2) is 48.5 Å². The van der Waals surface area contributed by atoms with E-state index < -0.39 is 22.7 Å². The van der Waals surface area contributed by atoms with Gasteiger partial charge in [0, 0.05) is 24.8 Å². The minimum absolute atomic E-state index is 0.0649. The Morgan fingerprint density at radius 1 is 1.19 bits per heavy atom. The zero-order chi connectivity index (χ0) is 19.5. The molecule has 0 radical (unpaired) electrons. The van der Waals surface area contributed by atoms with E-state index in [-0.39, 0.29) is 18.0 Å². The molecule has 1 aliphatic rings. The Morgan fingerprint density at radius 3 is 2.48 bits per heavy atom. The molecule has 27 heavy (non-hydrogen) atoms. The summed E-state index contributed by atoms with van der Waals surface area (Å²) >= 11 is 0. The van der Waals surface area contributed by atoms with Crippen molar-refractivity contribution < 1.29 is 23.4 Å². The van der Waals surface area contributed by atoms with Crippen LogP contribution in [0.4, 0.5) is 8.78 Å². The zero-order valence-corrected chi connectivity index (χ0v) is 15.2. The molecular formula is C21H23F2NO3. The lowest BCUT2D eigenvalue weighted by molar-refractivity contribution is -0.131. The lowest BCUT2D eigenvalue weighted by Gasteiger charge is -2.37. The largest absolute Gasteiger partial charge is 0.383 e. The maximum absolute atomic E-state index is 14.0. The van der Waals surface area contributed by atoms with Gasteiger partial charge in [0.05, 0.1) is 12.0 Å². The molecule has 144 valence electrons. The molecule has 6 heteroatoms. The second-order valence-corrected chi connectivity index (χ2v) is 7.14. The first-order valence-corrected chi connectivity index (χ1v) is 8.95. The molecule has 2 N–H and O–H groups in total. The van der Waals surface area contributed by atoms with Gasteiger partial charge in [-0.3, -0.25) is 4.79 Å². The summed E-state index contributed by atoms with van der Waals surface area (Å²) in [5.41, 5.74) is -1.60. The van der Waals surface area contributed by atoms with Gasteiger partial charge in [-0.25, -0.2) is 8.78 Å².